The van der Waals surface area contributed by atoms with Crippen LogP contribution in [-0.2, 0) is 11.3 Å². The Morgan fingerprint density at radius 1 is 1.24 bits per heavy atom. The molecule has 0 spiro atoms. The fourth-order valence-corrected chi connectivity index (χ4v) is 2.92. The van der Waals surface area contributed by atoms with Gasteiger partial charge in [-0.15, -0.1) is 0 Å². The Labute approximate surface area is 149 Å². The number of carbonyl (C=O) groups excluding carboxylic acids is 1. The van der Waals surface area contributed by atoms with Crippen LogP contribution >= 0.6 is 0 Å². The number of aliphatic hydroxyl groups is 1. The van der Waals surface area contributed by atoms with Gasteiger partial charge in [0.25, 0.3) is 0 Å². The van der Waals surface area contributed by atoms with Crippen LogP contribution < -0.4 is 0 Å². The van der Waals surface area contributed by atoms with Crippen LogP contribution in [0.3, 0.4) is 0 Å². The first-order valence-electron chi connectivity index (χ1n) is 9.01. The number of amides is 1. The summed E-state index contributed by atoms with van der Waals surface area (Å²) in [6.45, 7) is 4.48. The fourth-order valence-electron chi connectivity index (χ4n) is 2.92. The van der Waals surface area contributed by atoms with Crippen LogP contribution in [0.5, 0.6) is 0 Å². The molecule has 1 unspecified atom stereocenters. The first-order valence-corrected chi connectivity index (χ1v) is 9.01. The topological polar surface area (TPSA) is 53.4 Å². The molecule has 1 atom stereocenters. The molecule has 132 valence electrons. The van der Waals surface area contributed by atoms with Gasteiger partial charge in [0.1, 0.15) is 0 Å². The van der Waals surface area contributed by atoms with Crippen LogP contribution in [0, 0.1) is 5.92 Å². The molecule has 1 aromatic carbocycles. The van der Waals surface area contributed by atoms with Gasteiger partial charge in [0.15, 0.2) is 0 Å². The summed E-state index contributed by atoms with van der Waals surface area (Å²) >= 11 is 0. The van der Waals surface area contributed by atoms with Crippen LogP contribution in [0.1, 0.15) is 38.7 Å². The molecule has 2 aromatic rings. The summed E-state index contributed by atoms with van der Waals surface area (Å²) in [5.41, 5.74) is 3.29. The lowest BCUT2D eigenvalue weighted by Gasteiger charge is -2.25. The Morgan fingerprint density at radius 2 is 2.00 bits per heavy atom. The molecule has 25 heavy (non-hydrogen) atoms. The predicted molar refractivity (Wildman–Crippen MR) is 98.7 cm³/mol. The van der Waals surface area contributed by atoms with Gasteiger partial charge in [-0.25, -0.2) is 0 Å². The Balaban J connectivity index is 1.74. The smallest absolute Gasteiger partial charge is 0.225 e. The second-order valence-corrected chi connectivity index (χ2v) is 7.21. The standard InChI is InChI=1S/C21H26N2O2/c1-15(2)20(24)12-21(25)23(19-8-9-19)14-16-5-3-6-17(11-16)18-7-4-10-22-13-18/h3-7,10-11,13,15,19-20,24H,8-9,12,14H2,1-2H3. The van der Waals surface area contributed by atoms with E-state index in [9.17, 15) is 9.90 Å². The van der Waals surface area contributed by atoms with Gasteiger partial charge in [0.05, 0.1) is 12.5 Å². The molecule has 0 radical (unpaired) electrons. The van der Waals surface area contributed by atoms with E-state index in [1.807, 2.05) is 43.1 Å². The molecule has 1 fully saturated rings. The lowest BCUT2D eigenvalue weighted by atomic mass is 10.0. The van der Waals surface area contributed by atoms with Crippen molar-refractivity contribution in [2.75, 3.05) is 0 Å². The average Bonchev–Trinajstić information content (AvgIpc) is 3.45. The van der Waals surface area contributed by atoms with E-state index in [0.717, 1.165) is 29.5 Å². The zero-order valence-electron chi connectivity index (χ0n) is 14.9. The van der Waals surface area contributed by atoms with E-state index in [2.05, 4.69) is 23.2 Å². The predicted octanol–water partition coefficient (Wildman–Crippen LogP) is 3.65. The van der Waals surface area contributed by atoms with Crippen LogP contribution in [0.2, 0.25) is 0 Å². The highest BCUT2D eigenvalue weighted by atomic mass is 16.3. The SMILES string of the molecule is CC(C)C(O)CC(=O)N(Cc1cccc(-c2cccnc2)c1)C1CC1. The van der Waals surface area contributed by atoms with E-state index in [4.69, 9.17) is 0 Å². The molecular formula is C21H26N2O2. The van der Waals surface area contributed by atoms with Gasteiger partial charge in [-0.05, 0) is 47.6 Å². The van der Waals surface area contributed by atoms with Crippen molar-refractivity contribution in [3.8, 4) is 11.1 Å². The Kier molecular flexibility index (Phi) is 5.49. The highest BCUT2D eigenvalue weighted by Gasteiger charge is 2.33. The van der Waals surface area contributed by atoms with Gasteiger partial charge in [-0.1, -0.05) is 38.1 Å². The summed E-state index contributed by atoms with van der Waals surface area (Å²) in [5.74, 6) is 0.148. The second-order valence-electron chi connectivity index (χ2n) is 7.21. The van der Waals surface area contributed by atoms with Crippen LogP contribution in [-0.4, -0.2) is 33.0 Å². The maximum atomic E-state index is 12.7. The third-order valence-electron chi connectivity index (χ3n) is 4.74. The van der Waals surface area contributed by atoms with Crippen molar-refractivity contribution in [2.24, 2.45) is 5.92 Å². The van der Waals surface area contributed by atoms with Crippen LogP contribution in [0.25, 0.3) is 11.1 Å². The lowest BCUT2D eigenvalue weighted by molar-refractivity contribution is -0.135. The molecule has 1 N–H and O–H groups in total. The second kappa shape index (κ2) is 7.79. The molecule has 4 heteroatoms. The Hall–Kier alpha value is -2.20. The molecule has 4 nitrogen and oxygen atoms in total. The maximum absolute atomic E-state index is 12.7. The van der Waals surface area contributed by atoms with Crippen molar-refractivity contribution in [3.05, 3.63) is 54.4 Å². The van der Waals surface area contributed by atoms with Gasteiger partial charge in [-0.2, -0.15) is 0 Å². The number of benzene rings is 1. The highest BCUT2D eigenvalue weighted by molar-refractivity contribution is 5.77. The van der Waals surface area contributed by atoms with Crippen molar-refractivity contribution >= 4 is 5.91 Å². The number of hydrogen-bond acceptors (Lipinski definition) is 3. The summed E-state index contributed by atoms with van der Waals surface area (Å²) in [6.07, 6.45) is 5.37. The number of aliphatic hydroxyl groups excluding tert-OH is 1. The minimum atomic E-state index is -0.574. The Morgan fingerprint density at radius 3 is 2.64 bits per heavy atom. The molecule has 1 amide bonds. The summed E-state index contributed by atoms with van der Waals surface area (Å²) in [4.78, 5) is 18.8. The van der Waals surface area contributed by atoms with E-state index in [1.165, 1.54) is 0 Å². The Bertz CT molecular complexity index is 711. The summed E-state index contributed by atoms with van der Waals surface area (Å²) in [6, 6.07) is 12.6. The van der Waals surface area contributed by atoms with Crippen molar-refractivity contribution in [1.29, 1.82) is 0 Å². The zero-order valence-corrected chi connectivity index (χ0v) is 14.9. The fraction of sp³-hybridized carbons (Fsp3) is 0.429. The van der Waals surface area contributed by atoms with Crippen molar-refractivity contribution in [2.45, 2.75) is 51.8 Å². The quantitative estimate of drug-likeness (QED) is 0.838. The van der Waals surface area contributed by atoms with Crippen molar-refractivity contribution in [3.63, 3.8) is 0 Å². The summed E-state index contributed by atoms with van der Waals surface area (Å²) in [7, 11) is 0. The molecule has 1 aliphatic carbocycles. The highest BCUT2D eigenvalue weighted by Crippen LogP contribution is 2.30. The summed E-state index contributed by atoms with van der Waals surface area (Å²) in [5, 5.41) is 10.1. The number of rotatable bonds is 7. The number of pyridine rings is 1. The number of aromatic nitrogens is 1. The molecule has 1 aromatic heterocycles. The number of nitrogens with zero attached hydrogens (tertiary/aromatic N) is 2. The minimum absolute atomic E-state index is 0.0514. The largest absolute Gasteiger partial charge is 0.392 e. The van der Waals surface area contributed by atoms with Crippen LogP contribution in [0.15, 0.2) is 48.8 Å². The van der Waals surface area contributed by atoms with Gasteiger partial charge < -0.3 is 10.0 Å². The van der Waals surface area contributed by atoms with Gasteiger partial charge in [-0.3, -0.25) is 9.78 Å². The average molecular weight is 338 g/mol. The minimum Gasteiger partial charge on any atom is -0.392 e. The van der Waals surface area contributed by atoms with Gasteiger partial charge in [0, 0.05) is 25.0 Å². The third-order valence-corrected chi connectivity index (χ3v) is 4.74. The molecule has 1 aliphatic rings. The molecule has 1 heterocycles. The number of carbonyl (C=O) groups is 1. The zero-order chi connectivity index (χ0) is 17.8. The van der Waals surface area contributed by atoms with Crippen molar-refractivity contribution < 1.29 is 9.90 Å². The normalized spacial score (nSPS) is 15.2. The van der Waals surface area contributed by atoms with E-state index in [1.54, 1.807) is 6.20 Å². The lowest BCUT2D eigenvalue weighted by Crippen LogP contribution is -2.35. The number of hydrogen-bond donors (Lipinski definition) is 1. The molecule has 0 saturated heterocycles. The van der Waals surface area contributed by atoms with E-state index in [0.29, 0.717) is 12.6 Å². The van der Waals surface area contributed by atoms with Gasteiger partial charge in [0.2, 0.25) is 5.91 Å². The summed E-state index contributed by atoms with van der Waals surface area (Å²) < 4.78 is 0. The van der Waals surface area contributed by atoms with E-state index >= 15 is 0 Å². The first kappa shape index (κ1) is 17.6. The monoisotopic (exact) mass is 338 g/mol. The molecule has 0 aliphatic heterocycles. The van der Waals surface area contributed by atoms with Crippen LogP contribution in [0.4, 0.5) is 0 Å². The molecule has 1 saturated carbocycles. The third kappa shape index (κ3) is 4.67. The van der Waals surface area contributed by atoms with Gasteiger partial charge >= 0.3 is 0 Å². The molecule has 3 rings (SSSR count). The first-order chi connectivity index (χ1) is 12.0. The molecule has 0 bridgehead atoms. The van der Waals surface area contributed by atoms with Crippen molar-refractivity contribution in [1.82, 2.24) is 9.88 Å². The van der Waals surface area contributed by atoms with E-state index in [-0.39, 0.29) is 18.2 Å². The maximum Gasteiger partial charge on any atom is 0.225 e. The van der Waals surface area contributed by atoms with E-state index < -0.39 is 6.10 Å². The molecular weight excluding hydrogens is 312 g/mol.